The fourth-order valence-electron chi connectivity index (χ4n) is 0.913. The molecule has 0 aliphatic carbocycles. The Bertz CT molecular complexity index is 197. The molecule has 6 heteroatoms. The Morgan fingerprint density at radius 3 is 2.58 bits per heavy atom. The number of amides is 2. The van der Waals surface area contributed by atoms with Crippen LogP contribution in [0.2, 0.25) is 0 Å². The highest BCUT2D eigenvalue weighted by molar-refractivity contribution is 5.73. The van der Waals surface area contributed by atoms with Crippen LogP contribution in [-0.4, -0.2) is 47.8 Å². The van der Waals surface area contributed by atoms with Gasteiger partial charge in [0.15, 0.2) is 0 Å². The predicted octanol–water partition coefficient (Wildman–Crippen LogP) is -1.15. The van der Waals surface area contributed by atoms with Crippen LogP contribution in [0.1, 0.15) is 0 Å². The number of nitrogens with two attached hydrogens (primary N) is 1. The van der Waals surface area contributed by atoms with Gasteiger partial charge in [-0.3, -0.25) is 0 Å². The molecule has 12 heavy (non-hydrogen) atoms. The number of carbonyl (C=O) groups is 2. The molecule has 0 atom stereocenters. The average Bonchev–Trinajstić information content (AvgIpc) is 1.82. The van der Waals surface area contributed by atoms with Crippen molar-refractivity contribution >= 4 is 12.0 Å². The molecule has 0 radical (unpaired) electrons. The van der Waals surface area contributed by atoms with Gasteiger partial charge in [0, 0.05) is 0 Å². The van der Waals surface area contributed by atoms with Gasteiger partial charge in [-0.25, -0.2) is 9.59 Å². The Kier molecular flexibility index (Phi) is 2.49. The van der Waals surface area contributed by atoms with E-state index in [1.165, 1.54) is 4.90 Å². The normalized spacial score (nSPS) is 17.2. The number of carbonyl (C=O) groups excluding carboxylic acids is 1. The lowest BCUT2D eigenvalue weighted by Crippen LogP contribution is -2.56. The first-order valence-electron chi connectivity index (χ1n) is 3.47. The van der Waals surface area contributed by atoms with Crippen LogP contribution in [0.5, 0.6) is 0 Å². The molecule has 0 spiro atoms. The number of likely N-dealkylation sites (tertiary alicyclic amines) is 1. The highest BCUT2D eigenvalue weighted by Crippen LogP contribution is 2.10. The summed E-state index contributed by atoms with van der Waals surface area (Å²) >= 11 is 0. The monoisotopic (exact) mass is 174 g/mol. The van der Waals surface area contributed by atoms with Crippen molar-refractivity contribution < 1.29 is 19.4 Å². The molecule has 1 fully saturated rings. The molecule has 68 valence electrons. The van der Waals surface area contributed by atoms with Gasteiger partial charge in [-0.1, -0.05) is 0 Å². The summed E-state index contributed by atoms with van der Waals surface area (Å²) in [5, 5.41) is 8.23. The van der Waals surface area contributed by atoms with Crippen molar-refractivity contribution in [3.05, 3.63) is 0 Å². The second-order valence-corrected chi connectivity index (χ2v) is 2.57. The van der Waals surface area contributed by atoms with Crippen LogP contribution < -0.4 is 5.73 Å². The lowest BCUT2D eigenvalue weighted by atomic mass is 10.2. The number of carboxylic acid groups (broad SMARTS) is 1. The van der Waals surface area contributed by atoms with Crippen LogP contribution in [0.4, 0.5) is 4.79 Å². The largest absolute Gasteiger partial charge is 0.480 e. The van der Waals surface area contributed by atoms with Crippen molar-refractivity contribution in [3.8, 4) is 0 Å². The van der Waals surface area contributed by atoms with Crippen molar-refractivity contribution in [1.82, 2.24) is 4.90 Å². The molecular formula is C6H10N2O4. The molecule has 1 heterocycles. The molecule has 0 bridgehead atoms. The van der Waals surface area contributed by atoms with Gasteiger partial charge in [0.2, 0.25) is 0 Å². The van der Waals surface area contributed by atoms with Crippen LogP contribution in [0.15, 0.2) is 0 Å². The number of rotatable bonds is 3. The Labute approximate surface area is 68.9 Å². The smallest absolute Gasteiger partial charge is 0.329 e. The van der Waals surface area contributed by atoms with Crippen LogP contribution >= 0.6 is 0 Å². The summed E-state index contributed by atoms with van der Waals surface area (Å²) in [5.41, 5.74) is 4.93. The molecule has 0 aromatic carbocycles. The standard InChI is InChI=1S/C6H10N2O4/c7-6(11)8-1-4(2-8)12-3-5(9)10/h4H,1-3H2,(H2,7,11)(H,9,10). The maximum absolute atomic E-state index is 10.4. The maximum Gasteiger partial charge on any atom is 0.329 e. The predicted molar refractivity (Wildman–Crippen MR) is 38.5 cm³/mol. The van der Waals surface area contributed by atoms with Crippen LogP contribution in [0.25, 0.3) is 0 Å². The minimum atomic E-state index is -1.01. The second kappa shape index (κ2) is 3.40. The molecule has 0 aromatic rings. The lowest BCUT2D eigenvalue weighted by molar-refractivity contribution is -0.147. The van der Waals surface area contributed by atoms with Crippen LogP contribution in [0.3, 0.4) is 0 Å². The third kappa shape index (κ3) is 2.09. The van der Waals surface area contributed by atoms with Gasteiger partial charge < -0.3 is 20.5 Å². The quantitative estimate of drug-likeness (QED) is 0.565. The van der Waals surface area contributed by atoms with Crippen molar-refractivity contribution in [3.63, 3.8) is 0 Å². The van der Waals surface area contributed by atoms with E-state index in [0.717, 1.165) is 0 Å². The fraction of sp³-hybridized carbons (Fsp3) is 0.667. The Balaban J connectivity index is 2.10. The van der Waals surface area contributed by atoms with E-state index in [1.54, 1.807) is 0 Å². The number of aliphatic carboxylic acids is 1. The summed E-state index contributed by atoms with van der Waals surface area (Å²) in [5.74, 6) is -1.01. The zero-order valence-corrected chi connectivity index (χ0v) is 6.40. The zero-order chi connectivity index (χ0) is 9.14. The molecule has 1 aliphatic rings. The topological polar surface area (TPSA) is 92.9 Å². The number of ether oxygens (including phenoxy) is 1. The van der Waals surface area contributed by atoms with E-state index in [9.17, 15) is 9.59 Å². The van der Waals surface area contributed by atoms with Gasteiger partial charge in [-0.05, 0) is 0 Å². The van der Waals surface area contributed by atoms with Gasteiger partial charge in [0.1, 0.15) is 6.61 Å². The maximum atomic E-state index is 10.4. The van der Waals surface area contributed by atoms with E-state index >= 15 is 0 Å². The molecule has 1 saturated heterocycles. The average molecular weight is 174 g/mol. The first-order chi connectivity index (χ1) is 5.59. The third-order valence-corrected chi connectivity index (χ3v) is 1.60. The molecule has 2 amide bonds. The van der Waals surface area contributed by atoms with Gasteiger partial charge in [0.05, 0.1) is 19.2 Å². The fourth-order valence-corrected chi connectivity index (χ4v) is 0.913. The number of carboxylic acids is 1. The van der Waals surface area contributed by atoms with E-state index in [0.29, 0.717) is 13.1 Å². The summed E-state index contributed by atoms with van der Waals surface area (Å²) in [6.07, 6.45) is -0.173. The molecule has 0 unspecified atom stereocenters. The molecule has 3 N–H and O–H groups in total. The number of nitrogens with zero attached hydrogens (tertiary/aromatic N) is 1. The molecule has 1 rings (SSSR count). The van der Waals surface area contributed by atoms with Crippen molar-refractivity contribution in [1.29, 1.82) is 0 Å². The van der Waals surface area contributed by atoms with Gasteiger partial charge >= 0.3 is 12.0 Å². The Morgan fingerprint density at radius 2 is 2.17 bits per heavy atom. The summed E-state index contributed by atoms with van der Waals surface area (Å²) in [6.45, 7) is 0.461. The van der Waals surface area contributed by atoms with Gasteiger partial charge in [-0.2, -0.15) is 0 Å². The lowest BCUT2D eigenvalue weighted by Gasteiger charge is -2.37. The highest BCUT2D eigenvalue weighted by Gasteiger charge is 2.30. The van der Waals surface area contributed by atoms with Crippen LogP contribution in [0, 0.1) is 0 Å². The van der Waals surface area contributed by atoms with Gasteiger partial charge in [0.25, 0.3) is 0 Å². The first-order valence-corrected chi connectivity index (χ1v) is 3.47. The molecule has 0 aromatic heterocycles. The van der Waals surface area contributed by atoms with E-state index in [1.807, 2.05) is 0 Å². The summed E-state index contributed by atoms with van der Waals surface area (Å²) in [6, 6.07) is -0.495. The van der Waals surface area contributed by atoms with E-state index in [2.05, 4.69) is 0 Å². The molecule has 1 aliphatic heterocycles. The molecular weight excluding hydrogens is 164 g/mol. The van der Waals surface area contributed by atoms with Crippen molar-refractivity contribution in [2.24, 2.45) is 5.73 Å². The first kappa shape index (κ1) is 8.79. The minimum Gasteiger partial charge on any atom is -0.480 e. The van der Waals surface area contributed by atoms with Crippen molar-refractivity contribution in [2.45, 2.75) is 6.10 Å². The molecule has 6 nitrogen and oxygen atoms in total. The Hall–Kier alpha value is -1.30. The zero-order valence-electron chi connectivity index (χ0n) is 6.40. The summed E-state index contributed by atoms with van der Waals surface area (Å²) < 4.78 is 4.87. The van der Waals surface area contributed by atoms with E-state index < -0.39 is 12.0 Å². The highest BCUT2D eigenvalue weighted by atomic mass is 16.5. The van der Waals surface area contributed by atoms with Crippen molar-refractivity contribution in [2.75, 3.05) is 19.7 Å². The number of hydrogen-bond acceptors (Lipinski definition) is 3. The second-order valence-electron chi connectivity index (χ2n) is 2.57. The van der Waals surface area contributed by atoms with Gasteiger partial charge in [-0.15, -0.1) is 0 Å². The number of urea groups is 1. The summed E-state index contributed by atoms with van der Waals surface area (Å²) in [7, 11) is 0. The number of primary amides is 1. The molecule has 0 saturated carbocycles. The van der Waals surface area contributed by atoms with E-state index in [4.69, 9.17) is 15.6 Å². The minimum absolute atomic E-state index is 0.173. The van der Waals surface area contributed by atoms with Crippen LogP contribution in [-0.2, 0) is 9.53 Å². The third-order valence-electron chi connectivity index (χ3n) is 1.60. The number of hydrogen-bond donors (Lipinski definition) is 2. The summed E-state index contributed by atoms with van der Waals surface area (Å²) in [4.78, 5) is 21.9. The van der Waals surface area contributed by atoms with E-state index in [-0.39, 0.29) is 12.7 Å². The SMILES string of the molecule is NC(=O)N1CC(OCC(=O)O)C1. The Morgan fingerprint density at radius 1 is 1.58 bits per heavy atom.